The number of ether oxygens (including phenoxy) is 2. The molecule has 0 aromatic heterocycles. The number of carbonyl (C=O) groups excluding carboxylic acids is 2. The van der Waals surface area contributed by atoms with Gasteiger partial charge in [-0.25, -0.2) is 0 Å². The van der Waals surface area contributed by atoms with Crippen molar-refractivity contribution in [2.24, 2.45) is 0 Å². The molecular formula is C22H21F3N2O4. The molecule has 2 aliphatic rings. The van der Waals surface area contributed by atoms with Gasteiger partial charge in [0.2, 0.25) is 5.91 Å². The number of anilines is 1. The molecule has 1 saturated heterocycles. The number of rotatable bonds is 4. The molecule has 2 atom stereocenters. The molecule has 6 nitrogen and oxygen atoms in total. The summed E-state index contributed by atoms with van der Waals surface area (Å²) in [6, 6.07) is 10.4. The third-order valence-electron chi connectivity index (χ3n) is 5.50. The average Bonchev–Trinajstić information content (AvgIpc) is 3.18. The third-order valence-corrected chi connectivity index (χ3v) is 5.50. The Bertz CT molecular complexity index is 977. The maximum atomic E-state index is 13.4. The van der Waals surface area contributed by atoms with Crippen molar-refractivity contribution in [2.75, 3.05) is 31.7 Å². The normalized spacial score (nSPS) is 20.7. The first-order valence-corrected chi connectivity index (χ1v) is 9.84. The molecule has 164 valence electrons. The smallest absolute Gasteiger partial charge is 0.416 e. The van der Waals surface area contributed by atoms with Crippen LogP contribution in [0, 0.1) is 0 Å². The molecule has 2 aromatic carbocycles. The van der Waals surface area contributed by atoms with Gasteiger partial charge in [0.1, 0.15) is 17.9 Å². The van der Waals surface area contributed by atoms with E-state index < -0.39 is 29.8 Å². The lowest BCUT2D eigenvalue weighted by molar-refractivity contribution is -0.137. The number of hydrogen-bond donors (Lipinski definition) is 0. The van der Waals surface area contributed by atoms with Gasteiger partial charge < -0.3 is 19.3 Å². The van der Waals surface area contributed by atoms with E-state index in [-0.39, 0.29) is 24.6 Å². The summed E-state index contributed by atoms with van der Waals surface area (Å²) in [5.74, 6) is -0.231. The van der Waals surface area contributed by atoms with Crippen molar-refractivity contribution in [1.82, 2.24) is 4.90 Å². The lowest BCUT2D eigenvalue weighted by atomic mass is 10.1. The molecule has 0 aliphatic carbocycles. The first-order valence-electron chi connectivity index (χ1n) is 9.84. The molecule has 31 heavy (non-hydrogen) atoms. The minimum absolute atomic E-state index is 0.0895. The number of nitrogens with zero attached hydrogens (tertiary/aromatic N) is 2. The summed E-state index contributed by atoms with van der Waals surface area (Å²) in [6.45, 7) is 0.741. The van der Waals surface area contributed by atoms with E-state index in [0.29, 0.717) is 24.5 Å². The zero-order valence-electron chi connectivity index (χ0n) is 16.8. The van der Waals surface area contributed by atoms with E-state index >= 15 is 0 Å². The van der Waals surface area contributed by atoms with E-state index in [0.717, 1.165) is 24.3 Å². The predicted molar refractivity (Wildman–Crippen MR) is 106 cm³/mol. The molecule has 2 aliphatic heterocycles. The first-order chi connectivity index (χ1) is 14.8. The van der Waals surface area contributed by atoms with E-state index in [1.54, 1.807) is 24.3 Å². The molecule has 9 heteroatoms. The highest BCUT2D eigenvalue weighted by Gasteiger charge is 2.45. The predicted octanol–water partition coefficient (Wildman–Crippen LogP) is 3.36. The summed E-state index contributed by atoms with van der Waals surface area (Å²) in [7, 11) is 1.53. The van der Waals surface area contributed by atoms with Gasteiger partial charge in [-0.1, -0.05) is 12.1 Å². The summed E-state index contributed by atoms with van der Waals surface area (Å²) in [6.07, 6.45) is -4.57. The second kappa shape index (κ2) is 8.22. The van der Waals surface area contributed by atoms with Gasteiger partial charge in [-0.3, -0.25) is 9.59 Å². The molecule has 2 aromatic rings. The summed E-state index contributed by atoms with van der Waals surface area (Å²) in [4.78, 5) is 29.5. The van der Waals surface area contributed by atoms with Crippen molar-refractivity contribution in [3.63, 3.8) is 0 Å². The number of methoxy groups -OCH3 is 1. The molecule has 0 spiro atoms. The standard InChI is InChI=1S/C22H21F3N2O4/c1-30-11-10-26-17-4-2-3-5-19(17)31-16-12-18(21(26)29)27(13-16)20(28)14-6-8-15(9-7-14)22(23,24)25/h2-9,16,18H,10-13H2,1H3/t16-,18-/m0/s1. The van der Waals surface area contributed by atoms with Gasteiger partial charge in [0.05, 0.1) is 24.4 Å². The summed E-state index contributed by atoms with van der Waals surface area (Å²) in [5, 5.41) is 0. The van der Waals surface area contributed by atoms with Gasteiger partial charge in [0.15, 0.2) is 0 Å². The molecule has 4 rings (SSSR count). The van der Waals surface area contributed by atoms with Crippen LogP contribution in [0.4, 0.5) is 18.9 Å². The van der Waals surface area contributed by atoms with E-state index in [2.05, 4.69) is 0 Å². The Morgan fingerprint density at radius 2 is 1.87 bits per heavy atom. The van der Waals surface area contributed by atoms with Crippen LogP contribution in [0.25, 0.3) is 0 Å². The molecule has 0 radical (unpaired) electrons. The van der Waals surface area contributed by atoms with Crippen LogP contribution in [-0.2, 0) is 15.7 Å². The summed E-state index contributed by atoms with van der Waals surface area (Å²) >= 11 is 0. The molecule has 2 heterocycles. The van der Waals surface area contributed by atoms with Gasteiger partial charge >= 0.3 is 6.18 Å². The third kappa shape index (κ3) is 4.10. The minimum atomic E-state index is -4.49. The molecule has 0 N–H and O–H groups in total. The van der Waals surface area contributed by atoms with Gasteiger partial charge in [-0.2, -0.15) is 13.2 Å². The highest BCUT2D eigenvalue weighted by atomic mass is 19.4. The number of likely N-dealkylation sites (tertiary alicyclic amines) is 1. The number of benzene rings is 2. The minimum Gasteiger partial charge on any atom is -0.486 e. The fraction of sp³-hybridized carbons (Fsp3) is 0.364. The van der Waals surface area contributed by atoms with Gasteiger partial charge in [0.25, 0.3) is 5.91 Å². The lowest BCUT2D eigenvalue weighted by Gasteiger charge is -2.31. The summed E-state index contributed by atoms with van der Waals surface area (Å²) < 4.78 is 49.7. The first kappa shape index (κ1) is 21.2. The van der Waals surface area contributed by atoms with Gasteiger partial charge in [0, 0.05) is 25.6 Å². The van der Waals surface area contributed by atoms with Crippen LogP contribution in [-0.4, -0.2) is 55.7 Å². The Morgan fingerprint density at radius 1 is 1.16 bits per heavy atom. The highest BCUT2D eigenvalue weighted by Crippen LogP contribution is 2.37. The van der Waals surface area contributed by atoms with Crippen molar-refractivity contribution in [1.29, 1.82) is 0 Å². The Balaban J connectivity index is 1.64. The number of carbonyl (C=O) groups is 2. The molecule has 0 unspecified atom stereocenters. The SMILES string of the molecule is COCCN1C(=O)[C@@H]2C[C@@H](CN2C(=O)c2ccc(C(F)(F)F)cc2)Oc2ccccc21. The Kier molecular flexibility index (Phi) is 5.62. The maximum Gasteiger partial charge on any atom is 0.416 e. The Hall–Kier alpha value is -3.07. The van der Waals surface area contributed by atoms with Crippen LogP contribution in [0.15, 0.2) is 48.5 Å². The van der Waals surface area contributed by atoms with Gasteiger partial charge in [-0.15, -0.1) is 0 Å². The van der Waals surface area contributed by atoms with Crippen molar-refractivity contribution >= 4 is 17.5 Å². The number of amides is 2. The Labute approximate surface area is 177 Å². The number of hydrogen-bond acceptors (Lipinski definition) is 4. The van der Waals surface area contributed by atoms with Crippen LogP contribution >= 0.6 is 0 Å². The van der Waals surface area contributed by atoms with Crippen LogP contribution in [0.1, 0.15) is 22.3 Å². The highest BCUT2D eigenvalue weighted by molar-refractivity contribution is 6.03. The van der Waals surface area contributed by atoms with Crippen LogP contribution in [0.5, 0.6) is 5.75 Å². The second-order valence-electron chi connectivity index (χ2n) is 7.47. The van der Waals surface area contributed by atoms with Crippen molar-refractivity contribution in [3.05, 3.63) is 59.7 Å². The molecule has 0 saturated carbocycles. The van der Waals surface area contributed by atoms with E-state index in [1.165, 1.54) is 16.9 Å². The second-order valence-corrected chi connectivity index (χ2v) is 7.47. The van der Waals surface area contributed by atoms with Crippen molar-refractivity contribution in [2.45, 2.75) is 24.7 Å². The fourth-order valence-corrected chi connectivity index (χ4v) is 3.98. The molecule has 2 amide bonds. The lowest BCUT2D eigenvalue weighted by Crippen LogP contribution is -2.49. The molecule has 1 fully saturated rings. The van der Waals surface area contributed by atoms with Crippen molar-refractivity contribution < 1.29 is 32.2 Å². The van der Waals surface area contributed by atoms with Gasteiger partial charge in [-0.05, 0) is 36.4 Å². The van der Waals surface area contributed by atoms with Crippen LogP contribution in [0.2, 0.25) is 0 Å². The van der Waals surface area contributed by atoms with Crippen LogP contribution < -0.4 is 9.64 Å². The maximum absolute atomic E-state index is 13.4. The fourth-order valence-electron chi connectivity index (χ4n) is 3.98. The number of halogens is 3. The zero-order chi connectivity index (χ0) is 22.2. The zero-order valence-corrected chi connectivity index (χ0v) is 16.8. The number of fused-ring (bicyclic) bond motifs is 3. The van der Waals surface area contributed by atoms with Crippen LogP contribution in [0.3, 0.4) is 0 Å². The number of alkyl halides is 3. The van der Waals surface area contributed by atoms with E-state index in [4.69, 9.17) is 9.47 Å². The average molecular weight is 434 g/mol. The Morgan fingerprint density at radius 3 is 2.55 bits per heavy atom. The quantitative estimate of drug-likeness (QED) is 0.741. The van der Waals surface area contributed by atoms with Crippen molar-refractivity contribution in [3.8, 4) is 5.75 Å². The largest absolute Gasteiger partial charge is 0.486 e. The monoisotopic (exact) mass is 434 g/mol. The van der Waals surface area contributed by atoms with E-state index in [1.807, 2.05) is 0 Å². The summed E-state index contributed by atoms with van der Waals surface area (Å²) in [5.41, 5.74) is -0.145. The van der Waals surface area contributed by atoms with E-state index in [9.17, 15) is 22.8 Å². The number of para-hydroxylation sites is 2. The molecule has 2 bridgehead atoms. The topological polar surface area (TPSA) is 59.1 Å². The molecular weight excluding hydrogens is 413 g/mol.